The molecule has 2 atom stereocenters. The molecule has 2 unspecified atom stereocenters. The van der Waals surface area contributed by atoms with Gasteiger partial charge in [-0.2, -0.15) is 0 Å². The summed E-state index contributed by atoms with van der Waals surface area (Å²) in [5.41, 5.74) is 7.06. The second-order valence-corrected chi connectivity index (χ2v) is 4.28. The summed E-state index contributed by atoms with van der Waals surface area (Å²) in [6.07, 6.45) is 0.109. The highest BCUT2D eigenvalue weighted by Crippen LogP contribution is 2.35. The Bertz CT molecular complexity index is 313. The first-order valence-electron chi connectivity index (χ1n) is 3.90. The van der Waals surface area contributed by atoms with Gasteiger partial charge >= 0.3 is 0 Å². The minimum absolute atomic E-state index is 0.0368. The SMILES string of the molecule is CC1Oc2ccc(I)cc2C1N. The van der Waals surface area contributed by atoms with E-state index >= 15 is 0 Å². The maximum atomic E-state index is 5.93. The Labute approximate surface area is 85.2 Å². The van der Waals surface area contributed by atoms with Gasteiger partial charge < -0.3 is 10.5 Å². The first-order valence-corrected chi connectivity index (χ1v) is 4.98. The van der Waals surface area contributed by atoms with Gasteiger partial charge in [0.25, 0.3) is 0 Å². The first-order chi connectivity index (χ1) is 5.68. The second-order valence-electron chi connectivity index (χ2n) is 3.03. The van der Waals surface area contributed by atoms with E-state index in [1.165, 1.54) is 3.57 Å². The van der Waals surface area contributed by atoms with Crippen molar-refractivity contribution in [3.63, 3.8) is 0 Å². The molecule has 0 spiro atoms. The molecule has 0 amide bonds. The molecule has 64 valence electrons. The fourth-order valence-electron chi connectivity index (χ4n) is 1.41. The van der Waals surface area contributed by atoms with E-state index in [1.807, 2.05) is 19.1 Å². The van der Waals surface area contributed by atoms with Gasteiger partial charge in [0.15, 0.2) is 0 Å². The van der Waals surface area contributed by atoms with Crippen LogP contribution >= 0.6 is 22.6 Å². The Morgan fingerprint density at radius 2 is 2.25 bits per heavy atom. The van der Waals surface area contributed by atoms with Crippen LogP contribution in [-0.4, -0.2) is 6.10 Å². The molecule has 1 aromatic rings. The summed E-state index contributed by atoms with van der Waals surface area (Å²) in [5.74, 6) is 0.940. The number of benzene rings is 1. The molecule has 0 fully saturated rings. The molecule has 0 saturated heterocycles. The third kappa shape index (κ3) is 1.21. The Kier molecular flexibility index (Phi) is 2.00. The molecule has 12 heavy (non-hydrogen) atoms. The van der Waals surface area contributed by atoms with Crippen LogP contribution in [0.2, 0.25) is 0 Å². The Hall–Kier alpha value is -0.290. The number of hydrogen-bond acceptors (Lipinski definition) is 2. The molecule has 2 nitrogen and oxygen atoms in total. The van der Waals surface area contributed by atoms with Crippen molar-refractivity contribution < 1.29 is 4.74 Å². The van der Waals surface area contributed by atoms with Gasteiger partial charge in [-0.3, -0.25) is 0 Å². The van der Waals surface area contributed by atoms with Gasteiger partial charge in [-0.05, 0) is 47.7 Å². The molecule has 1 heterocycles. The van der Waals surface area contributed by atoms with Gasteiger partial charge in [0, 0.05) is 9.13 Å². The highest BCUT2D eigenvalue weighted by atomic mass is 127. The molecule has 1 aliphatic heterocycles. The molecular weight excluding hydrogens is 265 g/mol. The summed E-state index contributed by atoms with van der Waals surface area (Å²) in [5, 5.41) is 0. The quantitative estimate of drug-likeness (QED) is 0.736. The third-order valence-corrected chi connectivity index (χ3v) is 2.82. The molecule has 0 radical (unpaired) electrons. The second kappa shape index (κ2) is 2.88. The average Bonchev–Trinajstić information content (AvgIpc) is 2.31. The van der Waals surface area contributed by atoms with Crippen molar-refractivity contribution in [2.24, 2.45) is 5.73 Å². The van der Waals surface area contributed by atoms with Gasteiger partial charge in [0.2, 0.25) is 0 Å². The normalized spacial score (nSPS) is 26.6. The average molecular weight is 275 g/mol. The predicted molar refractivity (Wildman–Crippen MR) is 56.2 cm³/mol. The van der Waals surface area contributed by atoms with Crippen molar-refractivity contribution in [3.8, 4) is 5.75 Å². The summed E-state index contributed by atoms with van der Waals surface area (Å²) in [6.45, 7) is 2.00. The van der Waals surface area contributed by atoms with Crippen LogP contribution in [0.15, 0.2) is 18.2 Å². The fourth-order valence-corrected chi connectivity index (χ4v) is 1.93. The highest BCUT2D eigenvalue weighted by molar-refractivity contribution is 14.1. The van der Waals surface area contributed by atoms with Gasteiger partial charge in [-0.15, -0.1) is 0 Å². The highest BCUT2D eigenvalue weighted by Gasteiger charge is 2.27. The van der Waals surface area contributed by atoms with E-state index < -0.39 is 0 Å². The third-order valence-electron chi connectivity index (χ3n) is 2.15. The monoisotopic (exact) mass is 275 g/mol. The van der Waals surface area contributed by atoms with Crippen LogP contribution in [0.5, 0.6) is 5.75 Å². The number of hydrogen-bond donors (Lipinski definition) is 1. The van der Waals surface area contributed by atoms with Crippen LogP contribution in [0.3, 0.4) is 0 Å². The fraction of sp³-hybridized carbons (Fsp3) is 0.333. The lowest BCUT2D eigenvalue weighted by Crippen LogP contribution is -2.21. The van der Waals surface area contributed by atoms with Gasteiger partial charge in [-0.25, -0.2) is 0 Å². The van der Waals surface area contributed by atoms with E-state index in [0.29, 0.717) is 0 Å². The van der Waals surface area contributed by atoms with Crippen molar-refractivity contribution in [2.75, 3.05) is 0 Å². The van der Waals surface area contributed by atoms with Gasteiger partial charge in [0.05, 0.1) is 6.04 Å². The number of halogens is 1. The topological polar surface area (TPSA) is 35.2 Å². The van der Waals surface area contributed by atoms with Crippen molar-refractivity contribution in [2.45, 2.75) is 19.1 Å². The zero-order valence-corrected chi connectivity index (χ0v) is 8.91. The lowest BCUT2D eigenvalue weighted by Gasteiger charge is -2.07. The van der Waals surface area contributed by atoms with Crippen molar-refractivity contribution in [1.29, 1.82) is 0 Å². The van der Waals surface area contributed by atoms with Crippen LogP contribution in [0.4, 0.5) is 0 Å². The molecule has 1 aliphatic rings. The summed E-state index contributed by atoms with van der Waals surface area (Å²) in [4.78, 5) is 0. The molecule has 3 heteroatoms. The van der Waals surface area contributed by atoms with E-state index in [0.717, 1.165) is 11.3 Å². The summed E-state index contributed by atoms with van der Waals surface area (Å²) in [7, 11) is 0. The summed E-state index contributed by atoms with van der Waals surface area (Å²) >= 11 is 2.28. The summed E-state index contributed by atoms with van der Waals surface area (Å²) < 4.78 is 6.75. The van der Waals surface area contributed by atoms with E-state index in [-0.39, 0.29) is 12.1 Å². The van der Waals surface area contributed by atoms with Crippen molar-refractivity contribution in [3.05, 3.63) is 27.3 Å². The number of nitrogens with two attached hydrogens (primary N) is 1. The molecule has 0 bridgehead atoms. The Morgan fingerprint density at radius 3 is 3.00 bits per heavy atom. The molecule has 0 aromatic heterocycles. The number of fused-ring (bicyclic) bond motifs is 1. The molecule has 1 aromatic carbocycles. The predicted octanol–water partition coefficient (Wildman–Crippen LogP) is 2.07. The minimum Gasteiger partial charge on any atom is -0.488 e. The summed E-state index contributed by atoms with van der Waals surface area (Å²) in [6, 6.07) is 6.14. The standard InChI is InChI=1S/C9H10INO/c1-5-9(11)7-4-6(10)2-3-8(7)12-5/h2-5,9H,11H2,1H3. The van der Waals surface area contributed by atoms with E-state index in [2.05, 4.69) is 28.7 Å². The van der Waals surface area contributed by atoms with Crippen LogP contribution in [0, 0.1) is 3.57 Å². The van der Waals surface area contributed by atoms with Gasteiger partial charge in [-0.1, -0.05) is 0 Å². The molecule has 2 rings (SSSR count). The minimum atomic E-state index is 0.0368. The molecule has 0 aliphatic carbocycles. The van der Waals surface area contributed by atoms with Crippen LogP contribution < -0.4 is 10.5 Å². The Morgan fingerprint density at radius 1 is 1.50 bits per heavy atom. The molecule has 2 N–H and O–H groups in total. The van der Waals surface area contributed by atoms with E-state index in [4.69, 9.17) is 10.5 Å². The van der Waals surface area contributed by atoms with E-state index in [9.17, 15) is 0 Å². The van der Waals surface area contributed by atoms with Gasteiger partial charge in [0.1, 0.15) is 11.9 Å². The lowest BCUT2D eigenvalue weighted by atomic mass is 10.1. The van der Waals surface area contributed by atoms with Crippen LogP contribution in [0.1, 0.15) is 18.5 Å². The van der Waals surface area contributed by atoms with Crippen LogP contribution in [-0.2, 0) is 0 Å². The molecule has 0 saturated carbocycles. The smallest absolute Gasteiger partial charge is 0.124 e. The van der Waals surface area contributed by atoms with E-state index in [1.54, 1.807) is 0 Å². The maximum absolute atomic E-state index is 5.93. The largest absolute Gasteiger partial charge is 0.488 e. The lowest BCUT2D eigenvalue weighted by molar-refractivity contribution is 0.228. The Balaban J connectivity index is 2.48. The van der Waals surface area contributed by atoms with Crippen LogP contribution in [0.25, 0.3) is 0 Å². The number of ether oxygens (including phenoxy) is 1. The van der Waals surface area contributed by atoms with Crippen molar-refractivity contribution in [1.82, 2.24) is 0 Å². The van der Waals surface area contributed by atoms with Crippen molar-refractivity contribution >= 4 is 22.6 Å². The number of rotatable bonds is 0. The molecular formula is C9H10INO. The maximum Gasteiger partial charge on any atom is 0.124 e. The zero-order valence-electron chi connectivity index (χ0n) is 6.75. The zero-order chi connectivity index (χ0) is 8.72. The first kappa shape index (κ1) is 8.31.